The summed E-state index contributed by atoms with van der Waals surface area (Å²) in [5, 5.41) is 0. The van der Waals surface area contributed by atoms with E-state index < -0.39 is 0 Å². The van der Waals surface area contributed by atoms with Crippen molar-refractivity contribution in [1.82, 2.24) is 4.90 Å². The highest BCUT2D eigenvalue weighted by Gasteiger charge is 2.11. The minimum atomic E-state index is -0.105. The van der Waals surface area contributed by atoms with Crippen molar-refractivity contribution in [1.29, 1.82) is 0 Å². The lowest BCUT2D eigenvalue weighted by Gasteiger charge is -2.24. The SMILES string of the molecule is CCCCCC=CCC=CCCCCCCCCOCC(COCCCCCCCC(=O)OC)N(C)C. The van der Waals surface area contributed by atoms with Gasteiger partial charge in [0.2, 0.25) is 0 Å². The highest BCUT2D eigenvalue weighted by Crippen LogP contribution is 2.09. The van der Waals surface area contributed by atoms with Gasteiger partial charge in [0, 0.05) is 19.6 Å². The van der Waals surface area contributed by atoms with Crippen molar-refractivity contribution >= 4 is 5.97 Å². The summed E-state index contributed by atoms with van der Waals surface area (Å²) in [6.07, 6.45) is 30.5. The topological polar surface area (TPSA) is 48.0 Å². The molecule has 5 nitrogen and oxygen atoms in total. The first kappa shape index (κ1) is 35.8. The smallest absolute Gasteiger partial charge is 0.305 e. The zero-order chi connectivity index (χ0) is 27.2. The van der Waals surface area contributed by atoms with Crippen molar-refractivity contribution in [2.24, 2.45) is 0 Å². The quantitative estimate of drug-likeness (QED) is 0.0586. The predicted molar refractivity (Wildman–Crippen MR) is 158 cm³/mol. The molecule has 0 aliphatic carbocycles. The summed E-state index contributed by atoms with van der Waals surface area (Å²) >= 11 is 0. The molecule has 0 aromatic rings. The molecule has 0 fully saturated rings. The Labute approximate surface area is 230 Å². The number of unbranched alkanes of at least 4 members (excludes halogenated alkanes) is 13. The van der Waals surface area contributed by atoms with Crippen molar-refractivity contribution in [3.63, 3.8) is 0 Å². The van der Waals surface area contributed by atoms with Gasteiger partial charge < -0.3 is 19.1 Å². The van der Waals surface area contributed by atoms with Crippen molar-refractivity contribution in [2.45, 2.75) is 129 Å². The number of nitrogens with zero attached hydrogens (tertiary/aromatic N) is 1. The number of allylic oxidation sites excluding steroid dienone is 4. The Bertz CT molecular complexity index is 533. The molecule has 0 spiro atoms. The van der Waals surface area contributed by atoms with Crippen LogP contribution in [0, 0.1) is 0 Å². The van der Waals surface area contributed by atoms with Gasteiger partial charge in [-0.2, -0.15) is 0 Å². The van der Waals surface area contributed by atoms with Crippen LogP contribution < -0.4 is 0 Å². The van der Waals surface area contributed by atoms with Crippen LogP contribution in [0.5, 0.6) is 0 Å². The molecule has 0 aliphatic heterocycles. The molecular formula is C32H61NO4. The third-order valence-corrected chi connectivity index (χ3v) is 6.74. The van der Waals surface area contributed by atoms with Crippen LogP contribution in [0.2, 0.25) is 0 Å². The number of hydrogen-bond acceptors (Lipinski definition) is 5. The molecule has 218 valence electrons. The van der Waals surface area contributed by atoms with Crippen LogP contribution in [0.15, 0.2) is 24.3 Å². The van der Waals surface area contributed by atoms with Gasteiger partial charge in [0.1, 0.15) is 0 Å². The van der Waals surface area contributed by atoms with Crippen LogP contribution in [-0.2, 0) is 19.0 Å². The second kappa shape index (κ2) is 29.4. The molecule has 0 N–H and O–H groups in total. The molecular weight excluding hydrogens is 462 g/mol. The van der Waals surface area contributed by atoms with Gasteiger partial charge in [-0.15, -0.1) is 0 Å². The number of rotatable bonds is 28. The number of methoxy groups -OCH3 is 1. The normalized spacial score (nSPS) is 12.8. The number of hydrogen-bond donors (Lipinski definition) is 0. The fourth-order valence-electron chi connectivity index (χ4n) is 4.08. The van der Waals surface area contributed by atoms with Crippen molar-refractivity contribution in [3.05, 3.63) is 24.3 Å². The van der Waals surface area contributed by atoms with Crippen LogP contribution in [-0.4, -0.2) is 64.5 Å². The molecule has 0 aromatic heterocycles. The molecule has 0 amide bonds. The standard InChI is InChI=1S/C32H61NO4/c1-5-6-7-8-9-10-11-12-13-14-15-16-17-18-21-24-27-36-29-31(33(2)3)30-37-28-25-22-19-20-23-26-32(34)35-4/h9-10,12-13,31H,5-8,11,14-30H2,1-4H3. The lowest BCUT2D eigenvalue weighted by Crippen LogP contribution is -2.37. The van der Waals surface area contributed by atoms with E-state index in [4.69, 9.17) is 9.47 Å². The van der Waals surface area contributed by atoms with E-state index in [9.17, 15) is 4.79 Å². The second-order valence-electron chi connectivity index (χ2n) is 10.4. The molecule has 0 heterocycles. The fourth-order valence-corrected chi connectivity index (χ4v) is 4.08. The molecule has 1 unspecified atom stereocenters. The third kappa shape index (κ3) is 27.7. The van der Waals surface area contributed by atoms with E-state index in [0.717, 1.165) is 71.4 Å². The molecule has 0 saturated heterocycles. The minimum Gasteiger partial charge on any atom is -0.469 e. The Morgan fingerprint density at radius 3 is 1.68 bits per heavy atom. The van der Waals surface area contributed by atoms with Gasteiger partial charge in [-0.1, -0.05) is 89.0 Å². The van der Waals surface area contributed by atoms with Crippen LogP contribution in [0.25, 0.3) is 0 Å². The van der Waals surface area contributed by atoms with Crippen molar-refractivity contribution in [2.75, 3.05) is 47.6 Å². The molecule has 0 aromatic carbocycles. The summed E-state index contributed by atoms with van der Waals surface area (Å²) in [5.41, 5.74) is 0. The van der Waals surface area contributed by atoms with Gasteiger partial charge >= 0.3 is 5.97 Å². The van der Waals surface area contributed by atoms with E-state index >= 15 is 0 Å². The largest absolute Gasteiger partial charge is 0.469 e. The second-order valence-corrected chi connectivity index (χ2v) is 10.4. The van der Waals surface area contributed by atoms with Crippen molar-refractivity contribution in [3.8, 4) is 0 Å². The van der Waals surface area contributed by atoms with E-state index in [-0.39, 0.29) is 5.97 Å². The lowest BCUT2D eigenvalue weighted by atomic mass is 10.1. The number of carbonyl (C=O) groups excluding carboxylic acids is 1. The molecule has 5 heteroatoms. The number of esters is 1. The molecule has 37 heavy (non-hydrogen) atoms. The minimum absolute atomic E-state index is 0.105. The van der Waals surface area contributed by atoms with E-state index in [1.54, 1.807) is 0 Å². The average molecular weight is 524 g/mol. The third-order valence-electron chi connectivity index (χ3n) is 6.74. The van der Waals surface area contributed by atoms with Crippen LogP contribution >= 0.6 is 0 Å². The molecule has 0 aliphatic rings. The van der Waals surface area contributed by atoms with Crippen LogP contribution in [0.4, 0.5) is 0 Å². The van der Waals surface area contributed by atoms with Gasteiger partial charge in [-0.3, -0.25) is 4.79 Å². The summed E-state index contributed by atoms with van der Waals surface area (Å²) in [5.74, 6) is -0.105. The zero-order valence-corrected chi connectivity index (χ0v) is 25.0. The Morgan fingerprint density at radius 1 is 0.676 bits per heavy atom. The zero-order valence-electron chi connectivity index (χ0n) is 25.0. The van der Waals surface area contributed by atoms with E-state index in [1.807, 2.05) is 0 Å². The monoisotopic (exact) mass is 523 g/mol. The number of carbonyl (C=O) groups is 1. The molecule has 1 atom stereocenters. The summed E-state index contributed by atoms with van der Waals surface area (Å²) < 4.78 is 16.5. The van der Waals surface area contributed by atoms with Crippen LogP contribution in [0.3, 0.4) is 0 Å². The molecule has 0 saturated carbocycles. The maximum Gasteiger partial charge on any atom is 0.305 e. The molecule has 0 bridgehead atoms. The van der Waals surface area contributed by atoms with Gasteiger partial charge in [0.15, 0.2) is 0 Å². The summed E-state index contributed by atoms with van der Waals surface area (Å²) in [4.78, 5) is 13.3. The summed E-state index contributed by atoms with van der Waals surface area (Å²) in [6.45, 7) is 5.36. The Hall–Kier alpha value is -1.17. The maximum absolute atomic E-state index is 11.1. The predicted octanol–water partition coefficient (Wildman–Crippen LogP) is 8.28. The number of ether oxygens (including phenoxy) is 3. The van der Waals surface area contributed by atoms with E-state index in [2.05, 4.69) is 55.0 Å². The Kier molecular flexibility index (Phi) is 28.5. The lowest BCUT2D eigenvalue weighted by molar-refractivity contribution is -0.140. The first-order valence-electron chi connectivity index (χ1n) is 15.3. The Morgan fingerprint density at radius 2 is 1.16 bits per heavy atom. The highest BCUT2D eigenvalue weighted by molar-refractivity contribution is 5.68. The van der Waals surface area contributed by atoms with Gasteiger partial charge in [0.25, 0.3) is 0 Å². The maximum atomic E-state index is 11.1. The fraction of sp³-hybridized carbons (Fsp3) is 0.844. The van der Waals surface area contributed by atoms with Gasteiger partial charge in [-0.05, 0) is 65.5 Å². The van der Waals surface area contributed by atoms with E-state index in [0.29, 0.717) is 12.5 Å². The highest BCUT2D eigenvalue weighted by atomic mass is 16.5. The summed E-state index contributed by atoms with van der Waals surface area (Å²) in [7, 11) is 5.64. The first-order chi connectivity index (χ1) is 18.1. The number of likely N-dealkylation sites (N-methyl/N-ethyl adjacent to an activating group) is 1. The summed E-state index contributed by atoms with van der Waals surface area (Å²) in [6, 6.07) is 0.310. The molecule has 0 radical (unpaired) electrons. The average Bonchev–Trinajstić information content (AvgIpc) is 2.89. The van der Waals surface area contributed by atoms with Gasteiger partial charge in [0.05, 0.1) is 26.4 Å². The van der Waals surface area contributed by atoms with E-state index in [1.165, 1.54) is 71.3 Å². The van der Waals surface area contributed by atoms with Crippen LogP contribution in [0.1, 0.15) is 122 Å². The first-order valence-corrected chi connectivity index (χ1v) is 15.3. The Balaban J connectivity index is 3.48. The van der Waals surface area contributed by atoms with Gasteiger partial charge in [-0.25, -0.2) is 0 Å². The van der Waals surface area contributed by atoms with Crippen molar-refractivity contribution < 1.29 is 19.0 Å². The molecule has 0 rings (SSSR count).